The molecule has 24 heavy (non-hydrogen) atoms. The zero-order valence-electron chi connectivity index (χ0n) is 13.8. The first-order valence-electron chi connectivity index (χ1n) is 8.06. The second-order valence-electron chi connectivity index (χ2n) is 5.61. The molecule has 1 aliphatic rings. The number of hydrogen-bond acceptors (Lipinski definition) is 3. The molecule has 1 fully saturated rings. The maximum absolute atomic E-state index is 13.0. The molecule has 1 heterocycles. The zero-order chi connectivity index (χ0) is 16.8. The van der Waals surface area contributed by atoms with Gasteiger partial charge in [-0.2, -0.15) is 0 Å². The Balaban J connectivity index is 1.98. The molecule has 1 amide bonds. The van der Waals surface area contributed by atoms with E-state index in [1.807, 2.05) is 65.6 Å². The molecule has 0 radical (unpaired) electrons. The summed E-state index contributed by atoms with van der Waals surface area (Å²) in [7, 11) is 1.64. The molecule has 1 aliphatic heterocycles. The summed E-state index contributed by atoms with van der Waals surface area (Å²) < 4.78 is 10.6. The van der Waals surface area contributed by atoms with E-state index in [0.717, 1.165) is 16.9 Å². The summed E-state index contributed by atoms with van der Waals surface area (Å²) in [5.41, 5.74) is 2.54. The van der Waals surface area contributed by atoms with Crippen LogP contribution in [0.15, 0.2) is 54.6 Å². The Bertz CT molecular complexity index is 719. The number of rotatable bonds is 4. The van der Waals surface area contributed by atoms with Crippen molar-refractivity contribution in [2.24, 2.45) is 0 Å². The minimum atomic E-state index is 0.0346. The van der Waals surface area contributed by atoms with Crippen LogP contribution in [0.4, 0.5) is 0 Å². The first-order chi connectivity index (χ1) is 11.8. The van der Waals surface area contributed by atoms with Gasteiger partial charge in [0.2, 0.25) is 0 Å². The van der Waals surface area contributed by atoms with E-state index in [4.69, 9.17) is 9.47 Å². The molecule has 0 bridgehead atoms. The fraction of sp³-hybridized carbons (Fsp3) is 0.250. The summed E-state index contributed by atoms with van der Waals surface area (Å²) in [6.45, 7) is 2.43. The van der Waals surface area contributed by atoms with Gasteiger partial charge in [0.1, 0.15) is 5.75 Å². The summed E-state index contributed by atoms with van der Waals surface area (Å²) in [6, 6.07) is 17.5. The van der Waals surface area contributed by atoms with Crippen LogP contribution in [0.2, 0.25) is 0 Å². The van der Waals surface area contributed by atoms with Crippen LogP contribution in [0.1, 0.15) is 11.1 Å². The van der Waals surface area contributed by atoms with Gasteiger partial charge in [0.15, 0.2) is 0 Å². The lowest BCUT2D eigenvalue weighted by molar-refractivity contribution is -0.128. The molecule has 0 saturated carbocycles. The van der Waals surface area contributed by atoms with Crippen molar-refractivity contribution in [1.29, 1.82) is 0 Å². The number of ether oxygens (including phenoxy) is 2. The van der Waals surface area contributed by atoms with Crippen LogP contribution in [-0.4, -0.2) is 44.2 Å². The van der Waals surface area contributed by atoms with Crippen LogP contribution in [0.25, 0.3) is 11.6 Å². The number of nitrogens with zero attached hydrogens (tertiary/aromatic N) is 1. The summed E-state index contributed by atoms with van der Waals surface area (Å²) in [5, 5.41) is 0. The van der Waals surface area contributed by atoms with Gasteiger partial charge in [0.05, 0.1) is 20.3 Å². The van der Waals surface area contributed by atoms with Crippen LogP contribution in [-0.2, 0) is 9.53 Å². The Morgan fingerprint density at radius 3 is 2.54 bits per heavy atom. The van der Waals surface area contributed by atoms with E-state index in [0.29, 0.717) is 31.9 Å². The van der Waals surface area contributed by atoms with Crippen LogP contribution in [0.3, 0.4) is 0 Å². The van der Waals surface area contributed by atoms with E-state index in [1.165, 1.54) is 0 Å². The van der Waals surface area contributed by atoms with E-state index in [1.54, 1.807) is 7.11 Å². The average molecular weight is 323 g/mol. The Morgan fingerprint density at radius 2 is 1.83 bits per heavy atom. The highest BCUT2D eigenvalue weighted by atomic mass is 16.5. The average Bonchev–Trinajstić information content (AvgIpc) is 2.67. The number of carbonyl (C=O) groups excluding carboxylic acids is 1. The summed E-state index contributed by atoms with van der Waals surface area (Å²) >= 11 is 0. The van der Waals surface area contributed by atoms with Crippen molar-refractivity contribution in [2.45, 2.75) is 0 Å². The second-order valence-corrected chi connectivity index (χ2v) is 5.61. The molecule has 2 aromatic rings. The topological polar surface area (TPSA) is 38.8 Å². The number of benzene rings is 2. The van der Waals surface area contributed by atoms with Gasteiger partial charge in [-0.3, -0.25) is 4.79 Å². The Morgan fingerprint density at radius 1 is 1.08 bits per heavy atom. The summed E-state index contributed by atoms with van der Waals surface area (Å²) in [5.74, 6) is 0.808. The molecule has 0 atom stereocenters. The molecule has 3 rings (SSSR count). The van der Waals surface area contributed by atoms with Gasteiger partial charge in [-0.05, 0) is 29.3 Å². The van der Waals surface area contributed by atoms with Gasteiger partial charge < -0.3 is 14.4 Å². The normalized spacial score (nSPS) is 15.2. The minimum absolute atomic E-state index is 0.0346. The van der Waals surface area contributed by atoms with Crippen molar-refractivity contribution in [3.05, 3.63) is 65.7 Å². The lowest BCUT2D eigenvalue weighted by Crippen LogP contribution is -2.41. The monoisotopic (exact) mass is 323 g/mol. The van der Waals surface area contributed by atoms with E-state index < -0.39 is 0 Å². The van der Waals surface area contributed by atoms with Crippen molar-refractivity contribution in [3.63, 3.8) is 0 Å². The van der Waals surface area contributed by atoms with E-state index in [-0.39, 0.29) is 5.91 Å². The Labute approximate surface area is 142 Å². The predicted molar refractivity (Wildman–Crippen MR) is 94.7 cm³/mol. The van der Waals surface area contributed by atoms with E-state index in [2.05, 4.69) is 0 Å². The third-order valence-corrected chi connectivity index (χ3v) is 4.02. The molecular weight excluding hydrogens is 302 g/mol. The Hall–Kier alpha value is -2.59. The van der Waals surface area contributed by atoms with Crippen molar-refractivity contribution in [1.82, 2.24) is 4.90 Å². The molecule has 4 nitrogen and oxygen atoms in total. The van der Waals surface area contributed by atoms with Gasteiger partial charge in [-0.25, -0.2) is 0 Å². The zero-order valence-corrected chi connectivity index (χ0v) is 13.8. The van der Waals surface area contributed by atoms with Crippen molar-refractivity contribution < 1.29 is 14.3 Å². The fourth-order valence-corrected chi connectivity index (χ4v) is 2.72. The summed E-state index contributed by atoms with van der Waals surface area (Å²) in [4.78, 5) is 14.9. The molecular formula is C20H21NO3. The number of amides is 1. The number of morpholine rings is 1. The molecule has 1 saturated heterocycles. The third-order valence-electron chi connectivity index (χ3n) is 4.02. The maximum Gasteiger partial charge on any atom is 0.254 e. The highest BCUT2D eigenvalue weighted by Gasteiger charge is 2.21. The van der Waals surface area contributed by atoms with Crippen LogP contribution < -0.4 is 4.74 Å². The maximum atomic E-state index is 13.0. The van der Waals surface area contributed by atoms with Gasteiger partial charge in [0, 0.05) is 18.7 Å². The lowest BCUT2D eigenvalue weighted by Gasteiger charge is -2.28. The summed E-state index contributed by atoms with van der Waals surface area (Å²) in [6.07, 6.45) is 1.93. The molecule has 124 valence electrons. The third kappa shape index (κ3) is 3.84. The molecule has 0 aliphatic carbocycles. The highest BCUT2D eigenvalue weighted by Crippen LogP contribution is 2.23. The molecule has 2 aromatic carbocycles. The Kier molecular flexibility index (Phi) is 5.29. The number of carbonyl (C=O) groups is 1. The SMILES string of the molecule is COc1cccc(C=C(C(=O)N2CCOCC2)c2ccccc2)c1. The van der Waals surface area contributed by atoms with Gasteiger partial charge in [-0.1, -0.05) is 42.5 Å². The molecule has 0 spiro atoms. The van der Waals surface area contributed by atoms with Crippen LogP contribution in [0, 0.1) is 0 Å². The van der Waals surface area contributed by atoms with Crippen molar-refractivity contribution in [3.8, 4) is 5.75 Å². The quantitative estimate of drug-likeness (QED) is 0.641. The van der Waals surface area contributed by atoms with Crippen molar-refractivity contribution >= 4 is 17.6 Å². The van der Waals surface area contributed by atoms with Gasteiger partial charge >= 0.3 is 0 Å². The molecule has 0 N–H and O–H groups in total. The minimum Gasteiger partial charge on any atom is -0.497 e. The first kappa shape index (κ1) is 16.3. The number of hydrogen-bond donors (Lipinski definition) is 0. The lowest BCUT2D eigenvalue weighted by atomic mass is 10.0. The molecule has 0 unspecified atom stereocenters. The first-order valence-corrected chi connectivity index (χ1v) is 8.06. The van der Waals surface area contributed by atoms with Gasteiger partial charge in [-0.15, -0.1) is 0 Å². The smallest absolute Gasteiger partial charge is 0.254 e. The highest BCUT2D eigenvalue weighted by molar-refractivity contribution is 6.24. The fourth-order valence-electron chi connectivity index (χ4n) is 2.72. The molecule has 0 aromatic heterocycles. The molecule has 4 heteroatoms. The largest absolute Gasteiger partial charge is 0.497 e. The van der Waals surface area contributed by atoms with Crippen molar-refractivity contribution in [2.75, 3.05) is 33.4 Å². The van der Waals surface area contributed by atoms with E-state index in [9.17, 15) is 4.79 Å². The predicted octanol–water partition coefficient (Wildman–Crippen LogP) is 3.09. The standard InChI is InChI=1S/C20H21NO3/c1-23-18-9-5-6-16(14-18)15-19(17-7-3-2-4-8-17)20(22)21-10-12-24-13-11-21/h2-9,14-15H,10-13H2,1H3. The van der Waals surface area contributed by atoms with Crippen LogP contribution in [0.5, 0.6) is 5.75 Å². The van der Waals surface area contributed by atoms with E-state index >= 15 is 0 Å². The number of methoxy groups -OCH3 is 1. The van der Waals surface area contributed by atoms with Gasteiger partial charge in [0.25, 0.3) is 5.91 Å². The van der Waals surface area contributed by atoms with Crippen LogP contribution >= 0.6 is 0 Å². The second kappa shape index (κ2) is 7.79.